The van der Waals surface area contributed by atoms with Crippen LogP contribution in [0.1, 0.15) is 6.92 Å². The number of amides is 1. The number of halogens is 2. The fraction of sp³-hybridized carbons (Fsp3) is 0.750. The fourth-order valence-corrected chi connectivity index (χ4v) is 0.203. The molecule has 0 aromatic rings. The Hall–Kier alpha value is 0.01000. The Balaban J connectivity index is -0.000000180. The van der Waals surface area contributed by atoms with Crippen LogP contribution in [0.4, 0.5) is 0 Å². The highest BCUT2D eigenvalue weighted by Gasteiger charge is 1.87. The molecule has 0 saturated carbocycles. The summed E-state index contributed by atoms with van der Waals surface area (Å²) >= 11 is 0. The standard InChI is InChI=1S/C4H9NO2.2ClH/c1-2-7-3-4(5)6;;/h2-3H2,1H3,(H2,5,6);2*1H. The van der Waals surface area contributed by atoms with Crippen LogP contribution in [-0.2, 0) is 9.53 Å². The first kappa shape index (κ1) is 16.0. The highest BCUT2D eigenvalue weighted by atomic mass is 35.5. The van der Waals surface area contributed by atoms with E-state index in [1.165, 1.54) is 0 Å². The number of hydrogen-bond acceptors (Lipinski definition) is 2. The first-order chi connectivity index (χ1) is 3.27. The molecule has 3 nitrogen and oxygen atoms in total. The summed E-state index contributed by atoms with van der Waals surface area (Å²) in [5.41, 5.74) is 4.71. The lowest BCUT2D eigenvalue weighted by Crippen LogP contribution is -2.17. The minimum atomic E-state index is -0.415. The molecule has 0 fully saturated rings. The van der Waals surface area contributed by atoms with Crippen molar-refractivity contribution in [2.24, 2.45) is 5.73 Å². The lowest BCUT2D eigenvalue weighted by Gasteiger charge is -1.91. The number of primary amides is 1. The number of carbonyl (C=O) groups excluding carboxylic acids is 1. The van der Waals surface area contributed by atoms with Gasteiger partial charge in [-0.2, -0.15) is 0 Å². The van der Waals surface area contributed by atoms with E-state index in [-0.39, 0.29) is 31.4 Å². The van der Waals surface area contributed by atoms with Crippen LogP contribution in [0.2, 0.25) is 0 Å². The average Bonchev–Trinajstić information content (AvgIpc) is 1.61. The van der Waals surface area contributed by atoms with Crippen molar-refractivity contribution in [2.45, 2.75) is 6.92 Å². The van der Waals surface area contributed by atoms with Gasteiger partial charge >= 0.3 is 0 Å². The molecule has 0 aliphatic heterocycles. The molecule has 0 unspecified atom stereocenters. The summed E-state index contributed by atoms with van der Waals surface area (Å²) in [5.74, 6) is -0.415. The SMILES string of the molecule is CCOCC(N)=O.Cl.Cl. The van der Waals surface area contributed by atoms with Gasteiger partial charge in [0, 0.05) is 6.61 Å². The summed E-state index contributed by atoms with van der Waals surface area (Å²) in [6, 6.07) is 0. The van der Waals surface area contributed by atoms with Crippen molar-refractivity contribution < 1.29 is 9.53 Å². The fourth-order valence-electron chi connectivity index (χ4n) is 0.203. The van der Waals surface area contributed by atoms with Gasteiger partial charge in [-0.15, -0.1) is 24.8 Å². The number of nitrogens with two attached hydrogens (primary N) is 1. The minimum Gasteiger partial charge on any atom is -0.372 e. The van der Waals surface area contributed by atoms with Crippen LogP contribution < -0.4 is 5.73 Å². The third kappa shape index (κ3) is 18.0. The van der Waals surface area contributed by atoms with Crippen molar-refractivity contribution in [1.29, 1.82) is 0 Å². The molecular weight excluding hydrogens is 165 g/mol. The van der Waals surface area contributed by atoms with E-state index in [2.05, 4.69) is 4.74 Å². The van der Waals surface area contributed by atoms with Crippen LogP contribution in [0.15, 0.2) is 0 Å². The lowest BCUT2D eigenvalue weighted by molar-refractivity contribution is -0.122. The molecule has 0 radical (unpaired) electrons. The van der Waals surface area contributed by atoms with E-state index < -0.39 is 5.91 Å². The zero-order valence-corrected chi connectivity index (χ0v) is 6.76. The van der Waals surface area contributed by atoms with Crippen LogP contribution >= 0.6 is 24.8 Å². The molecule has 0 aliphatic rings. The maximum absolute atomic E-state index is 9.86. The zero-order valence-electron chi connectivity index (χ0n) is 5.12. The molecule has 0 saturated heterocycles. The second-order valence-electron chi connectivity index (χ2n) is 1.10. The van der Waals surface area contributed by atoms with Crippen LogP contribution in [-0.4, -0.2) is 19.1 Å². The smallest absolute Gasteiger partial charge is 0.243 e. The van der Waals surface area contributed by atoms with Gasteiger partial charge in [-0.05, 0) is 6.92 Å². The Morgan fingerprint density at radius 2 is 2.00 bits per heavy atom. The summed E-state index contributed by atoms with van der Waals surface area (Å²) in [5, 5.41) is 0. The molecule has 58 valence electrons. The molecule has 1 amide bonds. The summed E-state index contributed by atoms with van der Waals surface area (Å²) in [4.78, 5) is 9.86. The monoisotopic (exact) mass is 175 g/mol. The molecule has 0 heterocycles. The summed E-state index contributed by atoms with van der Waals surface area (Å²) < 4.78 is 4.62. The first-order valence-electron chi connectivity index (χ1n) is 2.13. The normalized spacial score (nSPS) is 6.78. The van der Waals surface area contributed by atoms with Gasteiger partial charge in [0.1, 0.15) is 6.61 Å². The highest BCUT2D eigenvalue weighted by molar-refractivity contribution is 5.85. The van der Waals surface area contributed by atoms with E-state index in [0.717, 1.165) is 0 Å². The van der Waals surface area contributed by atoms with Gasteiger partial charge in [0.2, 0.25) is 5.91 Å². The molecule has 0 aromatic heterocycles. The van der Waals surface area contributed by atoms with Gasteiger partial charge in [0.15, 0.2) is 0 Å². The molecule has 2 N–H and O–H groups in total. The van der Waals surface area contributed by atoms with Gasteiger partial charge in [-0.3, -0.25) is 4.79 Å². The summed E-state index contributed by atoms with van der Waals surface area (Å²) in [6.07, 6.45) is 0. The molecule has 5 heteroatoms. The van der Waals surface area contributed by atoms with Crippen LogP contribution in [0.5, 0.6) is 0 Å². The highest BCUT2D eigenvalue weighted by Crippen LogP contribution is 1.67. The zero-order chi connectivity index (χ0) is 5.70. The van der Waals surface area contributed by atoms with E-state index in [0.29, 0.717) is 6.61 Å². The second-order valence-corrected chi connectivity index (χ2v) is 1.10. The first-order valence-corrected chi connectivity index (χ1v) is 2.13. The van der Waals surface area contributed by atoms with Crippen LogP contribution in [0, 0.1) is 0 Å². The van der Waals surface area contributed by atoms with E-state index in [9.17, 15) is 4.79 Å². The molecular formula is C4H11Cl2NO2. The van der Waals surface area contributed by atoms with Gasteiger partial charge in [0.25, 0.3) is 0 Å². The van der Waals surface area contributed by atoms with Crippen LogP contribution in [0.3, 0.4) is 0 Å². The summed E-state index contributed by atoms with van der Waals surface area (Å²) in [6.45, 7) is 2.39. The van der Waals surface area contributed by atoms with E-state index in [1.807, 2.05) is 6.92 Å². The molecule has 0 aromatic carbocycles. The van der Waals surface area contributed by atoms with Crippen molar-refractivity contribution in [3.05, 3.63) is 0 Å². The quantitative estimate of drug-likeness (QED) is 0.674. The van der Waals surface area contributed by atoms with E-state index in [1.54, 1.807) is 0 Å². The molecule has 0 atom stereocenters. The molecule has 0 rings (SSSR count). The predicted molar refractivity (Wildman–Crippen MR) is 40.2 cm³/mol. The Kier molecular flexibility index (Phi) is 19.4. The Morgan fingerprint density at radius 1 is 1.56 bits per heavy atom. The predicted octanol–water partition coefficient (Wildman–Crippen LogP) is 0.352. The van der Waals surface area contributed by atoms with Gasteiger partial charge in [-0.25, -0.2) is 0 Å². The number of hydrogen-bond donors (Lipinski definition) is 1. The summed E-state index contributed by atoms with van der Waals surface area (Å²) in [7, 11) is 0. The molecule has 9 heavy (non-hydrogen) atoms. The molecule has 0 aliphatic carbocycles. The van der Waals surface area contributed by atoms with Crippen molar-refractivity contribution in [3.8, 4) is 0 Å². The Labute approximate surface area is 66.8 Å². The van der Waals surface area contributed by atoms with Crippen LogP contribution in [0.25, 0.3) is 0 Å². The number of rotatable bonds is 3. The Bertz CT molecular complexity index is 69.6. The Morgan fingerprint density at radius 3 is 2.11 bits per heavy atom. The minimum absolute atomic E-state index is 0. The van der Waals surface area contributed by atoms with Crippen molar-refractivity contribution in [1.82, 2.24) is 0 Å². The topological polar surface area (TPSA) is 52.3 Å². The van der Waals surface area contributed by atoms with Gasteiger partial charge in [-0.1, -0.05) is 0 Å². The van der Waals surface area contributed by atoms with Crippen molar-refractivity contribution >= 4 is 30.7 Å². The largest absolute Gasteiger partial charge is 0.372 e. The van der Waals surface area contributed by atoms with Crippen molar-refractivity contribution in [2.75, 3.05) is 13.2 Å². The van der Waals surface area contributed by atoms with E-state index in [4.69, 9.17) is 5.73 Å². The maximum atomic E-state index is 9.86. The number of ether oxygens (including phenoxy) is 1. The third-order valence-electron chi connectivity index (χ3n) is 0.448. The van der Waals surface area contributed by atoms with E-state index >= 15 is 0 Å². The van der Waals surface area contributed by atoms with Gasteiger partial charge < -0.3 is 10.5 Å². The number of carbonyl (C=O) groups is 1. The molecule has 0 spiro atoms. The van der Waals surface area contributed by atoms with Crippen molar-refractivity contribution in [3.63, 3.8) is 0 Å². The second kappa shape index (κ2) is 10.9. The molecule has 0 bridgehead atoms. The maximum Gasteiger partial charge on any atom is 0.243 e. The average molecular weight is 176 g/mol. The third-order valence-corrected chi connectivity index (χ3v) is 0.448. The van der Waals surface area contributed by atoms with Gasteiger partial charge in [0.05, 0.1) is 0 Å². The lowest BCUT2D eigenvalue weighted by atomic mass is 10.7.